The maximum atomic E-state index is 13.3. The van der Waals surface area contributed by atoms with Crippen LogP contribution in [0.2, 0.25) is 0 Å². The van der Waals surface area contributed by atoms with Crippen LogP contribution in [0.1, 0.15) is 57.8 Å². The van der Waals surface area contributed by atoms with E-state index in [-0.39, 0.29) is 5.91 Å². The van der Waals surface area contributed by atoms with Crippen molar-refractivity contribution in [1.29, 1.82) is 0 Å². The number of anilines is 1. The number of carbonyl (C=O) groups is 1. The molecule has 5 fully saturated rings. The molecule has 0 aliphatic heterocycles. The Morgan fingerprint density at radius 2 is 1.73 bits per heavy atom. The first kappa shape index (κ1) is 16.8. The molecule has 6 rings (SSSR count). The molecule has 140 valence electrons. The van der Waals surface area contributed by atoms with Gasteiger partial charge in [-0.25, -0.2) is 0 Å². The minimum atomic E-state index is 0.278. The van der Waals surface area contributed by atoms with E-state index in [4.69, 9.17) is 0 Å². The molecule has 26 heavy (non-hydrogen) atoms. The summed E-state index contributed by atoms with van der Waals surface area (Å²) in [6, 6.07) is 11.3. The molecule has 5 aliphatic rings. The third kappa shape index (κ3) is 2.98. The van der Waals surface area contributed by atoms with Crippen molar-refractivity contribution in [3.8, 4) is 0 Å². The topological polar surface area (TPSA) is 32.3 Å². The largest absolute Gasteiger partial charge is 0.308 e. The van der Waals surface area contributed by atoms with E-state index in [2.05, 4.69) is 34.5 Å². The van der Waals surface area contributed by atoms with Crippen LogP contribution in [0, 0.1) is 23.7 Å². The summed E-state index contributed by atoms with van der Waals surface area (Å²) in [4.78, 5) is 15.4. The number of rotatable bonds is 5. The number of nitrogens with zero attached hydrogens (tertiary/aromatic N) is 1. The molecule has 3 heteroatoms. The molecule has 1 aromatic carbocycles. The molecule has 1 N–H and O–H groups in total. The summed E-state index contributed by atoms with van der Waals surface area (Å²) in [5, 5.41) is 3.74. The van der Waals surface area contributed by atoms with Gasteiger partial charge in [0.05, 0.1) is 6.54 Å². The van der Waals surface area contributed by atoms with Crippen molar-refractivity contribution < 1.29 is 4.79 Å². The van der Waals surface area contributed by atoms with Crippen LogP contribution in [-0.4, -0.2) is 24.5 Å². The van der Waals surface area contributed by atoms with Gasteiger partial charge in [-0.3, -0.25) is 4.79 Å². The summed E-state index contributed by atoms with van der Waals surface area (Å²) in [6.45, 7) is 0.514. The minimum absolute atomic E-state index is 0.278. The Morgan fingerprint density at radius 3 is 2.50 bits per heavy atom. The summed E-state index contributed by atoms with van der Waals surface area (Å²) in [7, 11) is 0. The van der Waals surface area contributed by atoms with Crippen molar-refractivity contribution in [2.24, 2.45) is 23.7 Å². The zero-order valence-corrected chi connectivity index (χ0v) is 15.8. The molecule has 4 bridgehead atoms. The second-order valence-electron chi connectivity index (χ2n) is 9.29. The molecule has 5 saturated carbocycles. The van der Waals surface area contributed by atoms with Gasteiger partial charge in [-0.2, -0.15) is 0 Å². The fourth-order valence-electron chi connectivity index (χ4n) is 6.83. The Labute approximate surface area is 157 Å². The smallest absolute Gasteiger partial charge is 0.241 e. The first-order valence-electron chi connectivity index (χ1n) is 10.9. The average Bonchev–Trinajstić information content (AvgIpc) is 3.09. The van der Waals surface area contributed by atoms with Crippen LogP contribution in [0.5, 0.6) is 0 Å². The molecule has 0 spiro atoms. The fourth-order valence-corrected chi connectivity index (χ4v) is 6.83. The number of amides is 1. The third-order valence-electron chi connectivity index (χ3n) is 7.79. The predicted molar refractivity (Wildman–Crippen MR) is 105 cm³/mol. The lowest BCUT2D eigenvalue weighted by molar-refractivity contribution is -0.118. The number of nitrogens with one attached hydrogen (secondary N) is 1. The van der Waals surface area contributed by atoms with Gasteiger partial charge in [0.1, 0.15) is 0 Å². The van der Waals surface area contributed by atoms with Crippen molar-refractivity contribution in [2.45, 2.75) is 69.9 Å². The van der Waals surface area contributed by atoms with E-state index >= 15 is 0 Å². The van der Waals surface area contributed by atoms with Gasteiger partial charge in [0.25, 0.3) is 0 Å². The number of benzene rings is 1. The second kappa shape index (κ2) is 6.99. The van der Waals surface area contributed by atoms with Crippen molar-refractivity contribution >= 4 is 11.6 Å². The summed E-state index contributed by atoms with van der Waals surface area (Å²) in [5.74, 6) is 3.92. The highest BCUT2D eigenvalue weighted by Gasteiger charge is 2.53. The molecule has 0 heterocycles. The van der Waals surface area contributed by atoms with Crippen molar-refractivity contribution in [3.05, 3.63) is 30.3 Å². The highest BCUT2D eigenvalue weighted by atomic mass is 16.2. The van der Waals surface area contributed by atoms with Gasteiger partial charge in [0.15, 0.2) is 0 Å². The van der Waals surface area contributed by atoms with Gasteiger partial charge < -0.3 is 10.2 Å². The Bertz CT molecular complexity index is 635. The molecule has 1 amide bonds. The molecule has 1 aromatic rings. The number of para-hydroxylation sites is 1. The normalized spacial score (nSPS) is 35.8. The molecule has 0 aromatic heterocycles. The van der Waals surface area contributed by atoms with Gasteiger partial charge in [-0.05, 0) is 74.3 Å². The minimum Gasteiger partial charge on any atom is -0.308 e. The van der Waals surface area contributed by atoms with Gasteiger partial charge in [0, 0.05) is 17.8 Å². The first-order valence-corrected chi connectivity index (χ1v) is 10.9. The Kier molecular flexibility index (Phi) is 4.52. The predicted octanol–water partition coefficient (Wildman–Crippen LogP) is 4.38. The molecular formula is C23H32N2O. The van der Waals surface area contributed by atoms with E-state index in [1.165, 1.54) is 44.9 Å². The zero-order chi connectivity index (χ0) is 17.5. The lowest BCUT2D eigenvalue weighted by Crippen LogP contribution is -2.49. The van der Waals surface area contributed by atoms with Crippen molar-refractivity contribution in [1.82, 2.24) is 5.32 Å². The average molecular weight is 353 g/mol. The number of hydrogen-bond acceptors (Lipinski definition) is 2. The zero-order valence-electron chi connectivity index (χ0n) is 15.8. The van der Waals surface area contributed by atoms with E-state index in [0.717, 1.165) is 42.2 Å². The fraction of sp³-hybridized carbons (Fsp3) is 0.696. The van der Waals surface area contributed by atoms with Gasteiger partial charge in [-0.1, -0.05) is 37.5 Å². The lowest BCUT2D eigenvalue weighted by atomic mass is 9.79. The van der Waals surface area contributed by atoms with Crippen LogP contribution in [0.4, 0.5) is 5.69 Å². The summed E-state index contributed by atoms with van der Waals surface area (Å²) < 4.78 is 0. The van der Waals surface area contributed by atoms with Gasteiger partial charge >= 0.3 is 0 Å². The summed E-state index contributed by atoms with van der Waals surface area (Å²) >= 11 is 0. The quantitative estimate of drug-likeness (QED) is 0.853. The number of carbonyl (C=O) groups excluding carboxylic acids is 1. The van der Waals surface area contributed by atoms with Crippen LogP contribution in [0.3, 0.4) is 0 Å². The molecule has 0 saturated heterocycles. The third-order valence-corrected chi connectivity index (χ3v) is 7.79. The van der Waals surface area contributed by atoms with Crippen LogP contribution < -0.4 is 10.2 Å². The van der Waals surface area contributed by atoms with Gasteiger partial charge in [-0.15, -0.1) is 0 Å². The van der Waals surface area contributed by atoms with Gasteiger partial charge in [0.2, 0.25) is 5.91 Å². The van der Waals surface area contributed by atoms with E-state index < -0.39 is 0 Å². The second-order valence-corrected chi connectivity index (χ2v) is 9.29. The molecule has 0 radical (unpaired) electrons. The highest BCUT2D eigenvalue weighted by molar-refractivity contribution is 5.95. The first-order chi connectivity index (χ1) is 12.8. The SMILES string of the molecule is O=C(CNC1C2CC3CC(C2)C1C3)N(c1ccccc1)C1CCCCC1. The van der Waals surface area contributed by atoms with Crippen molar-refractivity contribution in [2.75, 3.05) is 11.4 Å². The lowest BCUT2D eigenvalue weighted by Gasteiger charge is -2.36. The Balaban J connectivity index is 1.28. The van der Waals surface area contributed by atoms with Crippen molar-refractivity contribution in [3.63, 3.8) is 0 Å². The monoisotopic (exact) mass is 352 g/mol. The van der Waals surface area contributed by atoms with Crippen LogP contribution in [0.15, 0.2) is 30.3 Å². The Hall–Kier alpha value is -1.35. The maximum Gasteiger partial charge on any atom is 0.241 e. The summed E-state index contributed by atoms with van der Waals surface area (Å²) in [5.41, 5.74) is 1.08. The number of hydrogen-bond donors (Lipinski definition) is 1. The molecular weight excluding hydrogens is 320 g/mol. The van der Waals surface area contributed by atoms with E-state index in [9.17, 15) is 4.79 Å². The Morgan fingerprint density at radius 1 is 0.962 bits per heavy atom. The van der Waals surface area contributed by atoms with Crippen LogP contribution in [-0.2, 0) is 4.79 Å². The summed E-state index contributed by atoms with van der Waals surface area (Å²) in [6.07, 6.45) is 11.8. The highest BCUT2D eigenvalue weighted by Crippen LogP contribution is 2.58. The standard InChI is InChI=1S/C23H32N2O/c26-22(15-24-23-18-12-16-11-17(14-18)21(23)13-16)25(19-7-3-1-4-8-19)20-9-5-2-6-10-20/h1,3-4,7-8,16-18,20-21,23-24H,2,5-6,9-15H2. The van der Waals surface area contributed by atoms with E-state index in [0.29, 0.717) is 18.6 Å². The van der Waals surface area contributed by atoms with E-state index in [1.807, 2.05) is 6.07 Å². The molecule has 5 aliphatic carbocycles. The molecule has 5 atom stereocenters. The van der Waals surface area contributed by atoms with Crippen LogP contribution in [0.25, 0.3) is 0 Å². The van der Waals surface area contributed by atoms with E-state index in [1.54, 1.807) is 0 Å². The molecule has 5 unspecified atom stereocenters. The molecule has 3 nitrogen and oxygen atoms in total. The maximum absolute atomic E-state index is 13.3. The van der Waals surface area contributed by atoms with Crippen LogP contribution >= 0.6 is 0 Å².